The molecular weight excluding hydrogens is 390 g/mol. The third kappa shape index (κ3) is 4.29. The van der Waals surface area contributed by atoms with Gasteiger partial charge in [0, 0.05) is 24.7 Å². The van der Waals surface area contributed by atoms with E-state index >= 15 is 0 Å². The molecule has 0 radical (unpaired) electrons. The van der Waals surface area contributed by atoms with E-state index in [2.05, 4.69) is 27.7 Å². The molecule has 6 heteroatoms. The van der Waals surface area contributed by atoms with Crippen molar-refractivity contribution >= 4 is 16.1 Å². The molecule has 28 heavy (non-hydrogen) atoms. The Kier molecular flexibility index (Phi) is 6.83. The van der Waals surface area contributed by atoms with Gasteiger partial charge in [-0.15, -0.1) is 0 Å². The highest BCUT2D eigenvalue weighted by Gasteiger charge is 2.55. The van der Waals surface area contributed by atoms with Crippen LogP contribution in [0, 0.1) is 11.8 Å². The smallest absolute Gasteiger partial charge is 0.250 e. The van der Waals surface area contributed by atoms with Gasteiger partial charge in [0.1, 0.15) is 0 Å². The molecule has 2 fully saturated rings. The SMILES string of the molecule is CC1CCCCC1(C)[P+](=O)Oc1ccccc1O[P+](=O)C1(C)CCCCC1C. The van der Waals surface area contributed by atoms with Crippen LogP contribution < -0.4 is 9.05 Å². The van der Waals surface area contributed by atoms with Crippen molar-refractivity contribution in [3.8, 4) is 11.5 Å². The van der Waals surface area contributed by atoms with E-state index in [-0.39, 0.29) is 10.3 Å². The third-order valence-electron chi connectivity index (χ3n) is 7.31. The van der Waals surface area contributed by atoms with Gasteiger partial charge in [0.05, 0.1) is 0 Å². The quantitative estimate of drug-likeness (QED) is 0.436. The molecule has 0 aliphatic heterocycles. The maximum absolute atomic E-state index is 13.2. The lowest BCUT2D eigenvalue weighted by Gasteiger charge is -2.29. The predicted molar refractivity (Wildman–Crippen MR) is 115 cm³/mol. The third-order valence-corrected chi connectivity index (χ3v) is 11.0. The number of rotatable bonds is 6. The monoisotopic (exact) mass is 424 g/mol. The average Bonchev–Trinajstić information content (AvgIpc) is 2.68. The summed E-state index contributed by atoms with van der Waals surface area (Å²) < 4.78 is 38.2. The number of benzene rings is 1. The maximum Gasteiger partial charge on any atom is 0.562 e. The number of para-hydroxylation sites is 2. The van der Waals surface area contributed by atoms with Gasteiger partial charge in [-0.05, 0) is 60.8 Å². The second-order valence-electron chi connectivity index (χ2n) is 9.15. The lowest BCUT2D eigenvalue weighted by atomic mass is 9.81. The molecule has 4 nitrogen and oxygen atoms in total. The van der Waals surface area contributed by atoms with E-state index < -0.39 is 16.1 Å². The van der Waals surface area contributed by atoms with Crippen molar-refractivity contribution < 1.29 is 18.2 Å². The van der Waals surface area contributed by atoms with Crippen LogP contribution in [0.15, 0.2) is 24.3 Å². The molecule has 3 rings (SSSR count). The highest BCUT2D eigenvalue weighted by molar-refractivity contribution is 7.42. The molecule has 154 valence electrons. The van der Waals surface area contributed by atoms with Crippen LogP contribution in [0.2, 0.25) is 0 Å². The summed E-state index contributed by atoms with van der Waals surface area (Å²) in [6.07, 6.45) is 8.56. The van der Waals surface area contributed by atoms with Crippen molar-refractivity contribution in [3.05, 3.63) is 24.3 Å². The Labute approximate surface area is 171 Å². The first kappa shape index (κ1) is 21.7. The Morgan fingerprint density at radius 1 is 0.786 bits per heavy atom. The Hall–Kier alpha value is -0.980. The molecule has 0 saturated heterocycles. The van der Waals surface area contributed by atoms with Gasteiger partial charge in [0.15, 0.2) is 0 Å². The Morgan fingerprint density at radius 2 is 1.18 bits per heavy atom. The highest BCUT2D eigenvalue weighted by atomic mass is 31.1. The van der Waals surface area contributed by atoms with Crippen LogP contribution in [-0.4, -0.2) is 10.3 Å². The molecule has 0 bridgehead atoms. The van der Waals surface area contributed by atoms with Crippen molar-refractivity contribution in [1.29, 1.82) is 0 Å². The van der Waals surface area contributed by atoms with Crippen molar-refractivity contribution in [2.45, 2.75) is 89.4 Å². The summed E-state index contributed by atoms with van der Waals surface area (Å²) >= 11 is 0. The van der Waals surface area contributed by atoms with Gasteiger partial charge >= 0.3 is 16.1 Å². The molecule has 0 aromatic heterocycles. The largest absolute Gasteiger partial charge is 0.562 e. The number of hydrogen-bond donors (Lipinski definition) is 0. The first-order valence-electron chi connectivity index (χ1n) is 10.7. The molecule has 6 unspecified atom stereocenters. The van der Waals surface area contributed by atoms with Gasteiger partial charge < -0.3 is 0 Å². The molecule has 6 atom stereocenters. The fourth-order valence-corrected chi connectivity index (χ4v) is 7.25. The molecular formula is C22H34O4P2+2. The maximum atomic E-state index is 13.2. The first-order chi connectivity index (χ1) is 13.3. The molecule has 1 aromatic carbocycles. The van der Waals surface area contributed by atoms with Gasteiger partial charge in [-0.3, -0.25) is 0 Å². The van der Waals surface area contributed by atoms with Crippen LogP contribution in [0.5, 0.6) is 11.5 Å². The van der Waals surface area contributed by atoms with Crippen LogP contribution >= 0.6 is 16.1 Å². The molecule has 2 aliphatic carbocycles. The second-order valence-corrected chi connectivity index (χ2v) is 12.6. The second kappa shape index (κ2) is 8.80. The molecule has 2 saturated carbocycles. The fraction of sp³-hybridized carbons (Fsp3) is 0.727. The normalized spacial score (nSPS) is 34.4. The molecule has 0 amide bonds. The Balaban J connectivity index is 1.76. The van der Waals surface area contributed by atoms with E-state index in [0.29, 0.717) is 23.3 Å². The van der Waals surface area contributed by atoms with Crippen LogP contribution in [0.25, 0.3) is 0 Å². The van der Waals surface area contributed by atoms with Crippen molar-refractivity contribution in [1.82, 2.24) is 0 Å². The zero-order valence-corrected chi connectivity index (χ0v) is 19.4. The van der Waals surface area contributed by atoms with E-state index in [1.54, 1.807) is 12.1 Å². The van der Waals surface area contributed by atoms with Gasteiger partial charge in [-0.25, -0.2) is 9.05 Å². The summed E-state index contributed by atoms with van der Waals surface area (Å²) in [5.41, 5.74) is 0. The van der Waals surface area contributed by atoms with Crippen molar-refractivity contribution in [2.75, 3.05) is 0 Å². The van der Waals surface area contributed by atoms with E-state index in [1.165, 1.54) is 12.8 Å². The lowest BCUT2D eigenvalue weighted by Crippen LogP contribution is -2.33. The highest BCUT2D eigenvalue weighted by Crippen LogP contribution is 2.56. The van der Waals surface area contributed by atoms with E-state index in [9.17, 15) is 9.13 Å². The zero-order valence-electron chi connectivity index (χ0n) is 17.6. The van der Waals surface area contributed by atoms with Gasteiger partial charge in [-0.2, -0.15) is 0 Å². The van der Waals surface area contributed by atoms with Crippen LogP contribution in [0.3, 0.4) is 0 Å². The minimum atomic E-state index is -1.90. The Morgan fingerprint density at radius 3 is 1.54 bits per heavy atom. The zero-order chi connectivity index (χ0) is 20.4. The molecule has 0 spiro atoms. The van der Waals surface area contributed by atoms with E-state index in [0.717, 1.165) is 38.5 Å². The van der Waals surface area contributed by atoms with Crippen molar-refractivity contribution in [2.24, 2.45) is 11.8 Å². The van der Waals surface area contributed by atoms with Gasteiger partial charge in [0.25, 0.3) is 0 Å². The lowest BCUT2D eigenvalue weighted by molar-refractivity contribution is 0.279. The Bertz CT molecular complexity index is 676. The standard InChI is InChI=1S/C22H34O4P2/c1-17-11-7-9-15-21(17,3)27(23)25-19-13-5-6-14-20(19)26-28(24)22(4)16-10-8-12-18(22)2/h5-6,13-14,17-18H,7-12,15-16H2,1-4H3/q+2. The first-order valence-corrected chi connectivity index (χ1v) is 13.0. The van der Waals surface area contributed by atoms with Crippen LogP contribution in [0.1, 0.15) is 79.1 Å². The average molecular weight is 424 g/mol. The minimum absolute atomic E-state index is 0.327. The van der Waals surface area contributed by atoms with E-state index in [1.807, 2.05) is 12.1 Å². The molecule has 2 aliphatic rings. The minimum Gasteiger partial charge on any atom is -0.250 e. The summed E-state index contributed by atoms with van der Waals surface area (Å²) in [5.74, 6) is 1.60. The molecule has 0 heterocycles. The van der Waals surface area contributed by atoms with E-state index in [4.69, 9.17) is 9.05 Å². The summed E-state index contributed by atoms with van der Waals surface area (Å²) in [6, 6.07) is 7.23. The fourth-order valence-electron chi connectivity index (χ4n) is 4.51. The predicted octanol–water partition coefficient (Wildman–Crippen LogP) is 7.87. The summed E-state index contributed by atoms with van der Waals surface area (Å²) in [5, 5.41) is -0.653. The summed E-state index contributed by atoms with van der Waals surface area (Å²) in [7, 11) is -3.80. The topological polar surface area (TPSA) is 52.6 Å². The summed E-state index contributed by atoms with van der Waals surface area (Å²) in [6.45, 7) is 8.48. The number of hydrogen-bond acceptors (Lipinski definition) is 4. The van der Waals surface area contributed by atoms with Crippen LogP contribution in [0.4, 0.5) is 0 Å². The molecule has 0 N–H and O–H groups in total. The van der Waals surface area contributed by atoms with Crippen molar-refractivity contribution in [3.63, 3.8) is 0 Å². The van der Waals surface area contributed by atoms with Gasteiger partial charge in [0.2, 0.25) is 21.8 Å². The summed E-state index contributed by atoms with van der Waals surface area (Å²) in [4.78, 5) is 0. The van der Waals surface area contributed by atoms with Crippen LogP contribution in [-0.2, 0) is 9.13 Å². The van der Waals surface area contributed by atoms with Gasteiger partial charge in [-0.1, -0.05) is 38.8 Å². The molecule has 1 aromatic rings.